The van der Waals surface area contributed by atoms with E-state index in [0.29, 0.717) is 48.2 Å². The van der Waals surface area contributed by atoms with Crippen LogP contribution in [0.2, 0.25) is 5.02 Å². The lowest BCUT2D eigenvalue weighted by molar-refractivity contribution is -0.141. The molecule has 5 rings (SSSR count). The molecule has 1 atom stereocenters. The summed E-state index contributed by atoms with van der Waals surface area (Å²) in [7, 11) is 1.79. The Balaban J connectivity index is 1.27. The quantitative estimate of drug-likeness (QED) is 0.248. The Labute approximate surface area is 240 Å². The number of alkyl halides is 3. The molecule has 3 N–H and O–H groups in total. The number of fused-ring (bicyclic) bond motifs is 2. The van der Waals surface area contributed by atoms with Crippen molar-refractivity contribution in [3.8, 4) is 0 Å². The standard InChI is InChI=1S/C30H31ClF3N5O2/c1-17(40)36-26(13-18-16-35-24-6-4-3-5-22(18)24)29(41)37-20-8-10-21(11-9-20)39(2)27-15-28(30(32,33)34)38-25-12-7-19(31)14-23(25)27/h3-7,12,14-16,20-21,26,35H,8-11,13H2,1-2H3,(H,36,40)(H,37,41)/t20-,21+,26-/m1/s1. The lowest BCUT2D eigenvalue weighted by Gasteiger charge is -2.37. The predicted octanol–water partition coefficient (Wildman–Crippen LogP) is 6.00. The zero-order valence-corrected chi connectivity index (χ0v) is 23.4. The van der Waals surface area contributed by atoms with Crippen molar-refractivity contribution < 1.29 is 22.8 Å². The van der Waals surface area contributed by atoms with E-state index in [1.807, 2.05) is 35.4 Å². The van der Waals surface area contributed by atoms with E-state index in [0.717, 1.165) is 22.5 Å². The van der Waals surface area contributed by atoms with Gasteiger partial charge in [0.2, 0.25) is 11.8 Å². The first kappa shape index (κ1) is 28.7. The van der Waals surface area contributed by atoms with Crippen LogP contribution in [0.5, 0.6) is 0 Å². The summed E-state index contributed by atoms with van der Waals surface area (Å²) in [6, 6.07) is 12.6. The highest BCUT2D eigenvalue weighted by Gasteiger charge is 2.35. The molecule has 216 valence electrons. The van der Waals surface area contributed by atoms with Gasteiger partial charge in [-0.2, -0.15) is 13.2 Å². The van der Waals surface area contributed by atoms with Gasteiger partial charge in [0, 0.05) is 65.7 Å². The number of H-pyrrole nitrogens is 1. The van der Waals surface area contributed by atoms with E-state index >= 15 is 0 Å². The van der Waals surface area contributed by atoms with Gasteiger partial charge in [-0.15, -0.1) is 0 Å². The maximum atomic E-state index is 13.6. The summed E-state index contributed by atoms with van der Waals surface area (Å²) in [5.41, 5.74) is 1.59. The fraction of sp³-hybridized carbons (Fsp3) is 0.367. The van der Waals surface area contributed by atoms with Crippen LogP contribution in [0.15, 0.2) is 54.7 Å². The third-order valence-corrected chi connectivity index (χ3v) is 8.04. The number of para-hydroxylation sites is 1. The number of pyridine rings is 1. The van der Waals surface area contributed by atoms with Crippen molar-refractivity contribution in [2.75, 3.05) is 11.9 Å². The van der Waals surface area contributed by atoms with E-state index in [1.165, 1.54) is 19.1 Å². The first-order valence-corrected chi connectivity index (χ1v) is 13.9. The summed E-state index contributed by atoms with van der Waals surface area (Å²) in [6.07, 6.45) is 0.247. The van der Waals surface area contributed by atoms with Crippen LogP contribution in [-0.2, 0) is 22.2 Å². The van der Waals surface area contributed by atoms with Crippen LogP contribution in [0, 0.1) is 0 Å². The number of nitrogens with one attached hydrogen (secondary N) is 3. The average molecular weight is 586 g/mol. The van der Waals surface area contributed by atoms with Crippen LogP contribution in [0.3, 0.4) is 0 Å². The van der Waals surface area contributed by atoms with Crippen molar-refractivity contribution in [2.45, 2.75) is 63.3 Å². The molecule has 0 radical (unpaired) electrons. The van der Waals surface area contributed by atoms with E-state index in [1.54, 1.807) is 13.1 Å². The second kappa shape index (κ2) is 11.6. The van der Waals surface area contributed by atoms with Gasteiger partial charge in [-0.3, -0.25) is 9.59 Å². The first-order chi connectivity index (χ1) is 19.5. The molecule has 0 saturated heterocycles. The fourth-order valence-corrected chi connectivity index (χ4v) is 5.87. The monoisotopic (exact) mass is 585 g/mol. The number of hydrogen-bond donors (Lipinski definition) is 3. The average Bonchev–Trinajstić information content (AvgIpc) is 3.34. The highest BCUT2D eigenvalue weighted by atomic mass is 35.5. The van der Waals surface area contributed by atoms with Gasteiger partial charge in [-0.05, 0) is 61.6 Å². The maximum Gasteiger partial charge on any atom is 0.433 e. The summed E-state index contributed by atoms with van der Waals surface area (Å²) in [4.78, 5) is 34.1. The molecular weight excluding hydrogens is 555 g/mol. The van der Waals surface area contributed by atoms with Crippen molar-refractivity contribution >= 4 is 50.9 Å². The summed E-state index contributed by atoms with van der Waals surface area (Å²) in [5.74, 6) is -0.551. The van der Waals surface area contributed by atoms with Gasteiger partial charge < -0.3 is 20.5 Å². The lowest BCUT2D eigenvalue weighted by atomic mass is 9.89. The molecule has 1 aliphatic carbocycles. The molecule has 2 aromatic carbocycles. The summed E-state index contributed by atoms with van der Waals surface area (Å²) in [5, 5.41) is 7.84. The molecule has 2 amide bonds. The van der Waals surface area contributed by atoms with Crippen molar-refractivity contribution in [1.29, 1.82) is 0 Å². The first-order valence-electron chi connectivity index (χ1n) is 13.5. The number of nitrogens with zero attached hydrogens (tertiary/aromatic N) is 2. The second-order valence-electron chi connectivity index (χ2n) is 10.6. The largest absolute Gasteiger partial charge is 0.433 e. The summed E-state index contributed by atoms with van der Waals surface area (Å²) < 4.78 is 40.9. The Morgan fingerprint density at radius 3 is 2.54 bits per heavy atom. The Bertz CT molecular complexity index is 1580. The minimum atomic E-state index is -4.58. The Morgan fingerprint density at radius 1 is 1.10 bits per heavy atom. The zero-order chi connectivity index (χ0) is 29.3. The number of anilines is 1. The summed E-state index contributed by atoms with van der Waals surface area (Å²) >= 11 is 6.17. The van der Waals surface area contributed by atoms with Crippen molar-refractivity contribution in [3.63, 3.8) is 0 Å². The number of aromatic amines is 1. The Hall–Kier alpha value is -3.79. The Kier molecular flexibility index (Phi) is 8.13. The van der Waals surface area contributed by atoms with Gasteiger partial charge >= 0.3 is 6.18 Å². The number of benzene rings is 2. The molecule has 0 aliphatic heterocycles. The third kappa shape index (κ3) is 6.43. The number of amides is 2. The normalized spacial score (nSPS) is 18.3. The van der Waals surface area contributed by atoms with Crippen LogP contribution >= 0.6 is 11.6 Å². The van der Waals surface area contributed by atoms with E-state index in [9.17, 15) is 22.8 Å². The molecule has 0 unspecified atom stereocenters. The molecule has 41 heavy (non-hydrogen) atoms. The molecule has 1 aliphatic rings. The lowest BCUT2D eigenvalue weighted by Crippen LogP contribution is -2.51. The molecule has 1 fully saturated rings. The SMILES string of the molecule is CC(=O)N[C@H](Cc1c[nH]c2ccccc12)C(=O)N[C@H]1CC[C@@H](N(C)c2cc(C(F)(F)F)nc3ccc(Cl)cc23)CC1. The Morgan fingerprint density at radius 2 is 1.83 bits per heavy atom. The van der Waals surface area contributed by atoms with Crippen LogP contribution in [-0.4, -0.2) is 47.0 Å². The third-order valence-electron chi connectivity index (χ3n) is 7.80. The molecule has 0 spiro atoms. The van der Waals surface area contributed by atoms with Gasteiger partial charge in [-0.25, -0.2) is 4.98 Å². The van der Waals surface area contributed by atoms with E-state index in [2.05, 4.69) is 20.6 Å². The van der Waals surface area contributed by atoms with Gasteiger partial charge in [-0.1, -0.05) is 29.8 Å². The van der Waals surface area contributed by atoms with E-state index in [-0.39, 0.29) is 29.4 Å². The number of aromatic nitrogens is 2. The molecule has 2 heterocycles. The molecule has 1 saturated carbocycles. The molecule has 2 aromatic heterocycles. The number of hydrogen-bond acceptors (Lipinski definition) is 4. The van der Waals surface area contributed by atoms with Gasteiger partial charge in [0.05, 0.1) is 5.52 Å². The van der Waals surface area contributed by atoms with E-state index in [4.69, 9.17) is 11.6 Å². The zero-order valence-electron chi connectivity index (χ0n) is 22.7. The van der Waals surface area contributed by atoms with Crippen molar-refractivity contribution in [1.82, 2.24) is 20.6 Å². The van der Waals surface area contributed by atoms with Crippen molar-refractivity contribution in [3.05, 3.63) is 71.0 Å². The molecule has 0 bridgehead atoms. The highest BCUT2D eigenvalue weighted by molar-refractivity contribution is 6.31. The molecule has 11 heteroatoms. The van der Waals surface area contributed by atoms with E-state index < -0.39 is 17.9 Å². The van der Waals surface area contributed by atoms with Crippen LogP contribution in [0.1, 0.15) is 43.9 Å². The van der Waals surface area contributed by atoms with Gasteiger partial charge in [0.1, 0.15) is 11.7 Å². The highest BCUT2D eigenvalue weighted by Crippen LogP contribution is 2.37. The van der Waals surface area contributed by atoms with Crippen LogP contribution in [0.4, 0.5) is 18.9 Å². The minimum Gasteiger partial charge on any atom is -0.371 e. The van der Waals surface area contributed by atoms with Crippen LogP contribution < -0.4 is 15.5 Å². The molecular formula is C30H31ClF3N5O2. The minimum absolute atomic E-state index is 0.0359. The van der Waals surface area contributed by atoms with Gasteiger partial charge in [0.25, 0.3) is 0 Å². The predicted molar refractivity (Wildman–Crippen MR) is 154 cm³/mol. The smallest absolute Gasteiger partial charge is 0.371 e. The second-order valence-corrected chi connectivity index (χ2v) is 11.1. The van der Waals surface area contributed by atoms with Gasteiger partial charge in [0.15, 0.2) is 0 Å². The number of halogens is 4. The summed E-state index contributed by atoms with van der Waals surface area (Å²) in [6.45, 7) is 1.39. The van der Waals surface area contributed by atoms with Crippen LogP contribution in [0.25, 0.3) is 21.8 Å². The fourth-order valence-electron chi connectivity index (χ4n) is 5.70. The van der Waals surface area contributed by atoms with Crippen molar-refractivity contribution in [2.24, 2.45) is 0 Å². The maximum absolute atomic E-state index is 13.6. The number of carbonyl (C=O) groups is 2. The number of carbonyl (C=O) groups excluding carboxylic acids is 2. The molecule has 7 nitrogen and oxygen atoms in total. The number of rotatable bonds is 7. The molecule has 4 aromatic rings. The topological polar surface area (TPSA) is 90.1 Å².